The summed E-state index contributed by atoms with van der Waals surface area (Å²) in [5.74, 6) is 5.16. The van der Waals surface area contributed by atoms with E-state index in [1.807, 2.05) is 0 Å². The fourth-order valence-corrected chi connectivity index (χ4v) is 1.55. The zero-order chi connectivity index (χ0) is 15.0. The van der Waals surface area contributed by atoms with E-state index in [4.69, 9.17) is 16.3 Å². The number of primary amides is 1. The van der Waals surface area contributed by atoms with Gasteiger partial charge in [-0.25, -0.2) is 5.43 Å². The van der Waals surface area contributed by atoms with Gasteiger partial charge in [-0.05, 0) is 24.6 Å². The molecule has 0 bridgehead atoms. The van der Waals surface area contributed by atoms with E-state index < -0.39 is 5.91 Å². The summed E-state index contributed by atoms with van der Waals surface area (Å²) in [6.07, 6.45) is 1.64. The molecule has 0 unspecified atom stereocenters. The number of amides is 2. The lowest BCUT2D eigenvalue weighted by Gasteiger charge is -2.10. The molecule has 7 N–H and O–H groups in total. The summed E-state index contributed by atoms with van der Waals surface area (Å²) in [4.78, 5) is 21.2. The Morgan fingerprint density at radius 3 is 2.60 bits per heavy atom. The topological polar surface area (TPSA) is 132 Å². The largest absolute Gasteiger partial charge is 0.496 e. The number of hydrogen-bond donors (Lipinski definition) is 5. The van der Waals surface area contributed by atoms with Gasteiger partial charge in [0.25, 0.3) is 5.91 Å². The molecule has 1 aliphatic rings. The summed E-state index contributed by atoms with van der Waals surface area (Å²) in [6.45, 7) is 0.908. The number of rotatable bonds is 3. The zero-order valence-corrected chi connectivity index (χ0v) is 11.2. The Labute approximate surface area is 116 Å². The number of nitrogen functional groups attached to an aromatic ring is 1. The molecule has 1 heterocycles. The monoisotopic (exact) mass is 281 g/mol. The first-order valence-electron chi connectivity index (χ1n) is 6.04. The van der Waals surface area contributed by atoms with Crippen molar-refractivity contribution in [1.29, 1.82) is 0 Å². The molecule has 1 aliphatic heterocycles. The van der Waals surface area contributed by atoms with Crippen LogP contribution >= 0.6 is 0 Å². The minimum Gasteiger partial charge on any atom is -0.496 e. The van der Waals surface area contributed by atoms with Gasteiger partial charge in [-0.1, -0.05) is 0 Å². The van der Waals surface area contributed by atoms with E-state index in [-0.39, 0.29) is 5.91 Å². The van der Waals surface area contributed by atoms with Crippen LogP contribution in [0.5, 0.6) is 5.75 Å². The number of methoxy groups -OCH3 is 1. The first kappa shape index (κ1) is 15.7. The number of benzene rings is 1. The minimum absolute atomic E-state index is 0.103. The molecule has 0 aliphatic carbocycles. The molecule has 0 aromatic heterocycles. The van der Waals surface area contributed by atoms with E-state index in [0.717, 1.165) is 13.0 Å². The van der Waals surface area contributed by atoms with E-state index in [1.165, 1.54) is 13.2 Å². The molecule has 1 aromatic rings. The Kier molecular flexibility index (Phi) is 6.27. The van der Waals surface area contributed by atoms with Gasteiger partial charge in [-0.3, -0.25) is 20.9 Å². The van der Waals surface area contributed by atoms with E-state index in [1.54, 1.807) is 12.1 Å². The van der Waals surface area contributed by atoms with Crippen LogP contribution in [0.25, 0.3) is 0 Å². The Morgan fingerprint density at radius 2 is 2.20 bits per heavy atom. The molecule has 1 aromatic carbocycles. The van der Waals surface area contributed by atoms with Gasteiger partial charge in [0.2, 0.25) is 5.91 Å². The summed E-state index contributed by atoms with van der Waals surface area (Å²) in [7, 11) is 1.47. The highest BCUT2D eigenvalue weighted by Gasteiger charge is 2.08. The van der Waals surface area contributed by atoms with Gasteiger partial charge < -0.3 is 15.9 Å². The number of hydrogen-bond acceptors (Lipinski definition) is 6. The van der Waals surface area contributed by atoms with Crippen molar-refractivity contribution in [3.63, 3.8) is 0 Å². The average molecular weight is 281 g/mol. The normalized spacial score (nSPS) is 13.6. The molecule has 0 spiro atoms. The molecular weight excluding hydrogens is 262 g/mol. The van der Waals surface area contributed by atoms with Crippen LogP contribution in [-0.4, -0.2) is 25.5 Å². The van der Waals surface area contributed by atoms with Crippen LogP contribution in [0.1, 0.15) is 23.2 Å². The maximum absolute atomic E-state index is 10.9. The molecule has 8 heteroatoms. The summed E-state index contributed by atoms with van der Waals surface area (Å²) in [6, 6.07) is 4.84. The van der Waals surface area contributed by atoms with Crippen LogP contribution in [0.4, 0.5) is 5.69 Å². The highest BCUT2D eigenvalue weighted by molar-refractivity contribution is 5.96. The van der Waals surface area contributed by atoms with E-state index in [0.29, 0.717) is 23.4 Å². The second-order valence-corrected chi connectivity index (χ2v) is 4.00. The molecule has 20 heavy (non-hydrogen) atoms. The Hall–Kier alpha value is -2.32. The Balaban J connectivity index is 0.000000240. The quantitative estimate of drug-likeness (QED) is 0.374. The van der Waals surface area contributed by atoms with E-state index in [2.05, 4.69) is 16.3 Å². The third-order valence-electron chi connectivity index (χ3n) is 2.57. The maximum atomic E-state index is 10.9. The van der Waals surface area contributed by atoms with Crippen LogP contribution in [-0.2, 0) is 4.79 Å². The Bertz CT molecular complexity index is 470. The Morgan fingerprint density at radius 1 is 1.45 bits per heavy atom. The van der Waals surface area contributed by atoms with Crippen LogP contribution in [0.15, 0.2) is 18.2 Å². The van der Waals surface area contributed by atoms with Crippen molar-refractivity contribution in [3.05, 3.63) is 23.8 Å². The summed E-state index contributed by atoms with van der Waals surface area (Å²) < 4.78 is 4.94. The molecule has 110 valence electrons. The highest BCUT2D eigenvalue weighted by atomic mass is 16.5. The van der Waals surface area contributed by atoms with Gasteiger partial charge >= 0.3 is 0 Å². The molecule has 0 atom stereocenters. The molecule has 1 fully saturated rings. The van der Waals surface area contributed by atoms with Gasteiger partial charge in [0.05, 0.1) is 12.7 Å². The van der Waals surface area contributed by atoms with Gasteiger partial charge in [0.1, 0.15) is 5.75 Å². The number of carbonyl (C=O) groups excluding carboxylic acids is 2. The van der Waals surface area contributed by atoms with Crippen LogP contribution in [0.2, 0.25) is 0 Å². The fourth-order valence-electron chi connectivity index (χ4n) is 1.55. The van der Waals surface area contributed by atoms with Gasteiger partial charge in [0, 0.05) is 18.7 Å². The predicted molar refractivity (Wildman–Crippen MR) is 74.7 cm³/mol. The second-order valence-electron chi connectivity index (χ2n) is 4.00. The molecular formula is C12H19N5O3. The number of anilines is 1. The first-order chi connectivity index (χ1) is 9.58. The maximum Gasteiger partial charge on any atom is 0.252 e. The smallest absolute Gasteiger partial charge is 0.252 e. The standard InChI is InChI=1S/C8H11N3O2.C4H8N2O/c1-13-7-3-2-5(11-10)4-6(7)8(9)12;7-4-2-1-3-5-6-4/h2-4,11H,10H2,1H3,(H2,9,12);5H,1-3H2,(H,6,7). The second kappa shape index (κ2) is 7.97. The molecule has 2 rings (SSSR count). The number of carbonyl (C=O) groups is 2. The van der Waals surface area contributed by atoms with Gasteiger partial charge in [-0.2, -0.15) is 0 Å². The fraction of sp³-hybridized carbons (Fsp3) is 0.333. The summed E-state index contributed by atoms with van der Waals surface area (Å²) in [5.41, 5.74) is 13.7. The molecule has 1 saturated heterocycles. The van der Waals surface area contributed by atoms with Crippen LogP contribution in [0.3, 0.4) is 0 Å². The predicted octanol–water partition coefficient (Wildman–Crippen LogP) is -0.519. The van der Waals surface area contributed by atoms with Gasteiger partial charge in [0.15, 0.2) is 0 Å². The summed E-state index contributed by atoms with van der Waals surface area (Å²) in [5, 5.41) is 0. The van der Waals surface area contributed by atoms with Crippen LogP contribution in [0, 0.1) is 0 Å². The van der Waals surface area contributed by atoms with Gasteiger partial charge in [-0.15, -0.1) is 0 Å². The molecule has 0 saturated carbocycles. The lowest BCUT2D eigenvalue weighted by atomic mass is 10.1. The number of hydrazine groups is 2. The number of nitrogens with one attached hydrogen (secondary N) is 3. The molecule has 0 radical (unpaired) electrons. The van der Waals surface area contributed by atoms with E-state index in [9.17, 15) is 9.59 Å². The third kappa shape index (κ3) is 4.75. The van der Waals surface area contributed by atoms with Crippen molar-refractivity contribution in [2.24, 2.45) is 11.6 Å². The highest BCUT2D eigenvalue weighted by Crippen LogP contribution is 2.21. The lowest BCUT2D eigenvalue weighted by molar-refractivity contribution is -0.123. The summed E-state index contributed by atoms with van der Waals surface area (Å²) >= 11 is 0. The number of ether oxygens (including phenoxy) is 1. The lowest BCUT2D eigenvalue weighted by Crippen LogP contribution is -2.42. The van der Waals surface area contributed by atoms with Crippen molar-refractivity contribution >= 4 is 17.5 Å². The van der Waals surface area contributed by atoms with Crippen molar-refractivity contribution in [2.75, 3.05) is 19.1 Å². The van der Waals surface area contributed by atoms with Crippen molar-refractivity contribution < 1.29 is 14.3 Å². The molecule has 2 amide bonds. The van der Waals surface area contributed by atoms with Crippen molar-refractivity contribution in [2.45, 2.75) is 12.8 Å². The first-order valence-corrected chi connectivity index (χ1v) is 6.04. The zero-order valence-electron chi connectivity index (χ0n) is 11.2. The van der Waals surface area contributed by atoms with E-state index >= 15 is 0 Å². The minimum atomic E-state index is -0.547. The SMILES string of the molecule is COc1ccc(NN)cc1C(N)=O.O=C1CCCNN1. The number of nitrogens with two attached hydrogens (primary N) is 2. The third-order valence-corrected chi connectivity index (χ3v) is 2.57. The van der Waals surface area contributed by atoms with Crippen LogP contribution < -0.4 is 32.6 Å². The van der Waals surface area contributed by atoms with Crippen molar-refractivity contribution in [3.8, 4) is 5.75 Å². The van der Waals surface area contributed by atoms with Crippen molar-refractivity contribution in [1.82, 2.24) is 10.9 Å². The molecule has 8 nitrogen and oxygen atoms in total. The average Bonchev–Trinajstić information content (AvgIpc) is 2.48.